The van der Waals surface area contributed by atoms with Gasteiger partial charge in [-0.2, -0.15) is 0 Å². The Morgan fingerprint density at radius 2 is 2.44 bits per heavy atom. The molecule has 0 amide bonds. The summed E-state index contributed by atoms with van der Waals surface area (Å²) in [7, 11) is 0. The Balaban J connectivity index is 3.62. The maximum Gasteiger partial charge on any atom is 0.208 e. The van der Waals surface area contributed by atoms with Crippen LogP contribution in [0.1, 0.15) is 13.3 Å². The van der Waals surface area contributed by atoms with Crippen molar-refractivity contribution < 1.29 is 9.90 Å². The molecule has 0 rings (SSSR count). The van der Waals surface area contributed by atoms with E-state index < -0.39 is 0 Å². The summed E-state index contributed by atoms with van der Waals surface area (Å²) in [5.41, 5.74) is 0. The first-order chi connectivity index (χ1) is 4.22. The summed E-state index contributed by atoms with van der Waals surface area (Å²) in [6.07, 6.45) is 5.28. The fourth-order valence-corrected chi connectivity index (χ4v) is 0.467. The van der Waals surface area contributed by atoms with E-state index in [9.17, 15) is 4.79 Å². The van der Waals surface area contributed by atoms with Crippen LogP contribution in [0.2, 0.25) is 0 Å². The lowest BCUT2D eigenvalue weighted by Crippen LogP contribution is -2.09. The SMILES string of the molecule is C#CC(=O)C(C)CCO. The molecular weight excluding hydrogens is 116 g/mol. The molecule has 0 aliphatic heterocycles. The van der Waals surface area contributed by atoms with Gasteiger partial charge in [0, 0.05) is 12.5 Å². The average Bonchev–Trinajstić information content (AvgIpc) is 1.87. The summed E-state index contributed by atoms with van der Waals surface area (Å²) < 4.78 is 0. The molecule has 0 aromatic heterocycles. The van der Waals surface area contributed by atoms with Crippen molar-refractivity contribution in [2.45, 2.75) is 13.3 Å². The normalized spacial score (nSPS) is 12.1. The maximum absolute atomic E-state index is 10.6. The second kappa shape index (κ2) is 4.11. The van der Waals surface area contributed by atoms with Gasteiger partial charge < -0.3 is 5.11 Å². The van der Waals surface area contributed by atoms with E-state index in [1.54, 1.807) is 6.92 Å². The standard InChI is InChI=1S/C7H10O2/c1-3-7(9)6(2)4-5-8/h1,6,8H,4-5H2,2H3. The third kappa shape index (κ3) is 2.89. The monoisotopic (exact) mass is 126 g/mol. The number of rotatable bonds is 3. The zero-order valence-electron chi connectivity index (χ0n) is 5.42. The molecule has 0 fully saturated rings. The highest BCUT2D eigenvalue weighted by Gasteiger charge is 2.07. The molecule has 0 spiro atoms. The summed E-state index contributed by atoms with van der Waals surface area (Å²) in [6, 6.07) is 0. The molecule has 0 aromatic rings. The summed E-state index contributed by atoms with van der Waals surface area (Å²) in [6.45, 7) is 1.73. The van der Waals surface area contributed by atoms with Gasteiger partial charge in [0.2, 0.25) is 5.78 Å². The average molecular weight is 126 g/mol. The lowest BCUT2D eigenvalue weighted by Gasteiger charge is -2.00. The van der Waals surface area contributed by atoms with Crippen LogP contribution in [-0.2, 0) is 4.79 Å². The fraction of sp³-hybridized carbons (Fsp3) is 0.571. The topological polar surface area (TPSA) is 37.3 Å². The molecule has 9 heavy (non-hydrogen) atoms. The minimum atomic E-state index is -0.232. The molecule has 0 aliphatic carbocycles. The van der Waals surface area contributed by atoms with Gasteiger partial charge in [-0.1, -0.05) is 6.92 Å². The molecule has 0 bridgehead atoms. The van der Waals surface area contributed by atoms with E-state index in [0.717, 1.165) is 0 Å². The van der Waals surface area contributed by atoms with Gasteiger partial charge in [0.05, 0.1) is 0 Å². The molecule has 2 nitrogen and oxygen atoms in total. The van der Waals surface area contributed by atoms with Gasteiger partial charge >= 0.3 is 0 Å². The van der Waals surface area contributed by atoms with E-state index in [2.05, 4.69) is 0 Å². The third-order valence-electron chi connectivity index (χ3n) is 1.15. The smallest absolute Gasteiger partial charge is 0.208 e. The van der Waals surface area contributed by atoms with Crippen LogP contribution >= 0.6 is 0 Å². The highest BCUT2D eigenvalue weighted by molar-refractivity contribution is 5.96. The van der Waals surface area contributed by atoms with Crippen LogP contribution in [0.5, 0.6) is 0 Å². The first-order valence-electron chi connectivity index (χ1n) is 2.83. The van der Waals surface area contributed by atoms with E-state index in [1.807, 2.05) is 5.92 Å². The van der Waals surface area contributed by atoms with Crippen molar-refractivity contribution in [1.82, 2.24) is 0 Å². The molecule has 1 N–H and O–H groups in total. The Kier molecular flexibility index (Phi) is 3.74. The number of ketones is 1. The Hall–Kier alpha value is -0.810. The lowest BCUT2D eigenvalue weighted by molar-refractivity contribution is -0.117. The van der Waals surface area contributed by atoms with Gasteiger partial charge in [-0.05, 0) is 12.3 Å². The number of carbonyl (C=O) groups excluding carboxylic acids is 1. The third-order valence-corrected chi connectivity index (χ3v) is 1.15. The van der Waals surface area contributed by atoms with Crippen molar-refractivity contribution in [3.63, 3.8) is 0 Å². The van der Waals surface area contributed by atoms with Crippen molar-refractivity contribution in [3.8, 4) is 12.3 Å². The van der Waals surface area contributed by atoms with Gasteiger partial charge in [-0.25, -0.2) is 0 Å². The Labute approximate surface area is 54.9 Å². The van der Waals surface area contributed by atoms with Crippen LogP contribution in [0.3, 0.4) is 0 Å². The zero-order chi connectivity index (χ0) is 7.28. The number of hydrogen-bond acceptors (Lipinski definition) is 2. The Morgan fingerprint density at radius 3 is 2.78 bits per heavy atom. The molecule has 0 saturated heterocycles. The number of hydrogen-bond donors (Lipinski definition) is 1. The first kappa shape index (κ1) is 8.19. The van der Waals surface area contributed by atoms with Gasteiger partial charge in [0.25, 0.3) is 0 Å². The minimum Gasteiger partial charge on any atom is -0.396 e. The molecular formula is C7H10O2. The molecule has 0 saturated carbocycles. The number of carbonyl (C=O) groups is 1. The number of Topliss-reactive ketones (excluding diaryl/α,β-unsaturated/α-hetero) is 1. The van der Waals surface area contributed by atoms with Crippen molar-refractivity contribution in [1.29, 1.82) is 0 Å². The quantitative estimate of drug-likeness (QED) is 0.433. The predicted molar refractivity (Wildman–Crippen MR) is 34.7 cm³/mol. The zero-order valence-corrected chi connectivity index (χ0v) is 5.42. The van der Waals surface area contributed by atoms with Crippen molar-refractivity contribution in [2.24, 2.45) is 5.92 Å². The maximum atomic E-state index is 10.6. The molecule has 0 aliphatic rings. The van der Waals surface area contributed by atoms with E-state index in [1.165, 1.54) is 0 Å². The summed E-state index contributed by atoms with van der Waals surface area (Å²) >= 11 is 0. The van der Waals surface area contributed by atoms with E-state index in [0.29, 0.717) is 6.42 Å². The van der Waals surface area contributed by atoms with E-state index >= 15 is 0 Å². The second-order valence-corrected chi connectivity index (χ2v) is 1.92. The molecule has 1 atom stereocenters. The van der Waals surface area contributed by atoms with Crippen LogP contribution in [0.25, 0.3) is 0 Å². The predicted octanol–water partition coefficient (Wildman–Crippen LogP) is 0.207. The largest absolute Gasteiger partial charge is 0.396 e. The molecule has 0 heterocycles. The van der Waals surface area contributed by atoms with Gasteiger partial charge in [0.1, 0.15) is 0 Å². The van der Waals surface area contributed by atoms with E-state index in [-0.39, 0.29) is 18.3 Å². The summed E-state index contributed by atoms with van der Waals surface area (Å²) in [4.78, 5) is 10.6. The number of aliphatic hydroxyl groups excluding tert-OH is 1. The van der Waals surface area contributed by atoms with Gasteiger partial charge in [-0.3, -0.25) is 4.79 Å². The van der Waals surface area contributed by atoms with E-state index in [4.69, 9.17) is 11.5 Å². The number of aliphatic hydroxyl groups is 1. The van der Waals surface area contributed by atoms with Gasteiger partial charge in [-0.15, -0.1) is 6.42 Å². The molecule has 0 aromatic carbocycles. The van der Waals surface area contributed by atoms with Crippen LogP contribution < -0.4 is 0 Å². The number of terminal acetylenes is 1. The van der Waals surface area contributed by atoms with Crippen molar-refractivity contribution in [3.05, 3.63) is 0 Å². The molecule has 50 valence electrons. The van der Waals surface area contributed by atoms with Crippen molar-refractivity contribution >= 4 is 5.78 Å². The fourth-order valence-electron chi connectivity index (χ4n) is 0.467. The van der Waals surface area contributed by atoms with Crippen LogP contribution in [-0.4, -0.2) is 17.5 Å². The second-order valence-electron chi connectivity index (χ2n) is 1.92. The molecule has 0 radical (unpaired) electrons. The lowest BCUT2D eigenvalue weighted by atomic mass is 10.0. The van der Waals surface area contributed by atoms with Crippen LogP contribution in [0.15, 0.2) is 0 Å². The van der Waals surface area contributed by atoms with Crippen LogP contribution in [0.4, 0.5) is 0 Å². The summed E-state index contributed by atoms with van der Waals surface area (Å²) in [5, 5.41) is 8.36. The highest BCUT2D eigenvalue weighted by Crippen LogP contribution is 2.00. The summed E-state index contributed by atoms with van der Waals surface area (Å²) in [5.74, 6) is 1.57. The Bertz CT molecular complexity index is 132. The minimum absolute atomic E-state index is 0.0224. The molecule has 1 unspecified atom stereocenters. The molecule has 2 heteroatoms. The first-order valence-corrected chi connectivity index (χ1v) is 2.83. The van der Waals surface area contributed by atoms with Crippen molar-refractivity contribution in [2.75, 3.05) is 6.61 Å². The Morgan fingerprint density at radius 1 is 1.89 bits per heavy atom. The van der Waals surface area contributed by atoms with Gasteiger partial charge in [0.15, 0.2) is 0 Å². The van der Waals surface area contributed by atoms with Crippen LogP contribution in [0, 0.1) is 18.3 Å². The highest BCUT2D eigenvalue weighted by atomic mass is 16.3.